The summed E-state index contributed by atoms with van der Waals surface area (Å²) in [7, 11) is 9.44. The van der Waals surface area contributed by atoms with Crippen LogP contribution >= 0.6 is 15.9 Å². The van der Waals surface area contributed by atoms with Crippen molar-refractivity contribution in [3.8, 4) is 58.2 Å². The third-order valence-corrected chi connectivity index (χ3v) is 5.83. The van der Waals surface area contributed by atoms with Gasteiger partial charge in [-0.15, -0.1) is 0 Å². The predicted molar refractivity (Wildman–Crippen MR) is 143 cm³/mol. The Morgan fingerprint density at radius 1 is 0.472 bits per heavy atom. The fraction of sp³-hybridized carbons (Fsp3) is 0.241. The minimum atomic E-state index is 0.524. The summed E-state index contributed by atoms with van der Waals surface area (Å²) >= 11 is 3.53. The van der Waals surface area contributed by atoms with Crippen LogP contribution in [0.2, 0.25) is 0 Å². The van der Waals surface area contributed by atoms with Crippen LogP contribution in [-0.4, -0.2) is 42.7 Å². The first kappa shape index (κ1) is 26.7. The van der Waals surface area contributed by atoms with Crippen molar-refractivity contribution >= 4 is 15.9 Å². The zero-order chi connectivity index (χ0) is 26.1. The molecule has 0 unspecified atom stereocenters. The zero-order valence-electron chi connectivity index (χ0n) is 21.1. The average molecular weight is 551 g/mol. The predicted octanol–water partition coefficient (Wildman–Crippen LogP) is 5.43. The van der Waals surface area contributed by atoms with Crippen LogP contribution in [0, 0.1) is 23.7 Å². The average Bonchev–Trinajstić information content (AvgIpc) is 2.93. The van der Waals surface area contributed by atoms with Crippen LogP contribution < -0.4 is 28.4 Å². The highest BCUT2D eigenvalue weighted by molar-refractivity contribution is 9.08. The first-order valence-electron chi connectivity index (χ1n) is 10.8. The molecule has 0 N–H and O–H groups in total. The molecule has 0 bridgehead atoms. The summed E-state index contributed by atoms with van der Waals surface area (Å²) in [6.45, 7) is 0. The maximum atomic E-state index is 5.43. The molecule has 0 heterocycles. The molecule has 186 valence electrons. The van der Waals surface area contributed by atoms with Gasteiger partial charge in [-0.2, -0.15) is 0 Å². The topological polar surface area (TPSA) is 55.4 Å². The quantitative estimate of drug-likeness (QED) is 0.288. The SMILES string of the molecule is COc1cc(C#Cc2cc(C#Cc3cc(OC)c(OC)c(OC)c3)cc(CBr)c2)cc(OC)c1OC. The van der Waals surface area contributed by atoms with Gasteiger partial charge in [0, 0.05) is 27.6 Å². The molecular formula is C29H27BrO6. The summed E-state index contributed by atoms with van der Waals surface area (Å²) in [5, 5.41) is 0.672. The monoisotopic (exact) mass is 550 g/mol. The van der Waals surface area contributed by atoms with Gasteiger partial charge in [-0.05, 0) is 48.0 Å². The lowest BCUT2D eigenvalue weighted by molar-refractivity contribution is 0.324. The summed E-state index contributed by atoms with van der Waals surface area (Å²) in [4.78, 5) is 0. The van der Waals surface area contributed by atoms with E-state index in [9.17, 15) is 0 Å². The Morgan fingerprint density at radius 3 is 1.03 bits per heavy atom. The number of hydrogen-bond acceptors (Lipinski definition) is 6. The Morgan fingerprint density at radius 2 is 0.778 bits per heavy atom. The smallest absolute Gasteiger partial charge is 0.203 e. The molecule has 0 atom stereocenters. The van der Waals surface area contributed by atoms with Crippen molar-refractivity contribution in [2.75, 3.05) is 42.7 Å². The molecule has 7 heteroatoms. The van der Waals surface area contributed by atoms with Gasteiger partial charge in [0.15, 0.2) is 23.0 Å². The molecule has 0 saturated heterocycles. The Balaban J connectivity index is 2.00. The van der Waals surface area contributed by atoms with Gasteiger partial charge in [0.1, 0.15) is 0 Å². The molecule has 0 amide bonds. The van der Waals surface area contributed by atoms with E-state index >= 15 is 0 Å². The van der Waals surface area contributed by atoms with E-state index < -0.39 is 0 Å². The second-order valence-corrected chi connectivity index (χ2v) is 7.94. The minimum Gasteiger partial charge on any atom is -0.493 e. The summed E-state index contributed by atoms with van der Waals surface area (Å²) in [6, 6.07) is 13.2. The lowest BCUT2D eigenvalue weighted by Crippen LogP contribution is -1.96. The van der Waals surface area contributed by atoms with E-state index in [0.29, 0.717) is 39.8 Å². The van der Waals surface area contributed by atoms with Crippen LogP contribution in [0.3, 0.4) is 0 Å². The van der Waals surface area contributed by atoms with Crippen molar-refractivity contribution in [1.29, 1.82) is 0 Å². The number of methoxy groups -OCH3 is 6. The lowest BCUT2D eigenvalue weighted by atomic mass is 10.1. The fourth-order valence-corrected chi connectivity index (χ4v) is 3.83. The third-order valence-electron chi connectivity index (χ3n) is 5.18. The number of hydrogen-bond donors (Lipinski definition) is 0. The first-order valence-corrected chi connectivity index (χ1v) is 12.0. The van der Waals surface area contributed by atoms with Gasteiger partial charge in [-0.1, -0.05) is 39.6 Å². The molecule has 3 aromatic rings. The minimum absolute atomic E-state index is 0.524. The normalized spacial score (nSPS) is 9.75. The van der Waals surface area contributed by atoms with Crippen LogP contribution in [0.5, 0.6) is 34.5 Å². The summed E-state index contributed by atoms with van der Waals surface area (Å²) < 4.78 is 32.5. The van der Waals surface area contributed by atoms with Crippen LogP contribution in [0.4, 0.5) is 0 Å². The van der Waals surface area contributed by atoms with Gasteiger partial charge in [-0.3, -0.25) is 0 Å². The molecule has 0 spiro atoms. The standard InChI is InChI=1S/C29H27BrO6/c1-31-24-14-21(15-25(32-2)28(24)35-5)9-7-19-11-20(13-23(12-19)18-30)8-10-22-16-26(33-3)29(36-6)27(17-22)34-4/h11-17H,18H2,1-6H3. The van der Waals surface area contributed by atoms with Crippen LogP contribution in [0.15, 0.2) is 42.5 Å². The van der Waals surface area contributed by atoms with E-state index in [2.05, 4.69) is 39.6 Å². The largest absolute Gasteiger partial charge is 0.493 e. The molecule has 0 aliphatic carbocycles. The highest BCUT2D eigenvalue weighted by atomic mass is 79.9. The number of benzene rings is 3. The number of halogens is 1. The highest BCUT2D eigenvalue weighted by Crippen LogP contribution is 2.39. The summed E-state index contributed by atoms with van der Waals surface area (Å²) in [6.07, 6.45) is 0. The van der Waals surface area contributed by atoms with Crippen molar-refractivity contribution in [1.82, 2.24) is 0 Å². The van der Waals surface area contributed by atoms with Crippen molar-refractivity contribution in [2.45, 2.75) is 5.33 Å². The Labute approximate surface area is 220 Å². The van der Waals surface area contributed by atoms with Crippen LogP contribution in [0.1, 0.15) is 27.8 Å². The second-order valence-electron chi connectivity index (χ2n) is 7.38. The van der Waals surface area contributed by atoms with Crippen LogP contribution in [0.25, 0.3) is 0 Å². The molecule has 36 heavy (non-hydrogen) atoms. The Hall–Kier alpha value is -3.94. The maximum absolute atomic E-state index is 5.43. The molecular weight excluding hydrogens is 524 g/mol. The van der Waals surface area contributed by atoms with Crippen molar-refractivity contribution in [2.24, 2.45) is 0 Å². The Bertz CT molecular complexity index is 1210. The van der Waals surface area contributed by atoms with E-state index in [4.69, 9.17) is 28.4 Å². The van der Waals surface area contributed by atoms with E-state index in [1.807, 2.05) is 42.5 Å². The van der Waals surface area contributed by atoms with Gasteiger partial charge in [0.25, 0.3) is 0 Å². The summed E-state index contributed by atoms with van der Waals surface area (Å²) in [5.41, 5.74) is 4.18. The van der Waals surface area contributed by atoms with E-state index in [0.717, 1.165) is 27.8 Å². The second kappa shape index (κ2) is 12.7. The lowest BCUT2D eigenvalue weighted by Gasteiger charge is -2.12. The molecule has 3 rings (SSSR count). The van der Waals surface area contributed by atoms with Gasteiger partial charge in [0.2, 0.25) is 11.5 Å². The summed E-state index contributed by atoms with van der Waals surface area (Å²) in [5.74, 6) is 16.0. The number of alkyl halides is 1. The third kappa shape index (κ3) is 6.19. The highest BCUT2D eigenvalue weighted by Gasteiger charge is 2.13. The molecule has 3 aromatic carbocycles. The molecule has 0 aromatic heterocycles. The fourth-order valence-electron chi connectivity index (χ4n) is 3.51. The van der Waals surface area contributed by atoms with Crippen molar-refractivity contribution < 1.29 is 28.4 Å². The molecule has 0 radical (unpaired) electrons. The van der Waals surface area contributed by atoms with Crippen molar-refractivity contribution in [3.05, 3.63) is 70.3 Å². The number of ether oxygens (including phenoxy) is 6. The van der Waals surface area contributed by atoms with Gasteiger partial charge in [-0.25, -0.2) is 0 Å². The molecule has 0 aliphatic rings. The molecule has 0 fully saturated rings. The zero-order valence-corrected chi connectivity index (χ0v) is 22.7. The van der Waals surface area contributed by atoms with Gasteiger partial charge >= 0.3 is 0 Å². The van der Waals surface area contributed by atoms with Gasteiger partial charge < -0.3 is 28.4 Å². The van der Waals surface area contributed by atoms with E-state index in [1.54, 1.807) is 42.7 Å². The van der Waals surface area contributed by atoms with Crippen molar-refractivity contribution in [3.63, 3.8) is 0 Å². The molecule has 0 aliphatic heterocycles. The molecule has 0 saturated carbocycles. The molecule has 6 nitrogen and oxygen atoms in total. The van der Waals surface area contributed by atoms with Gasteiger partial charge in [0.05, 0.1) is 42.7 Å². The number of rotatable bonds is 7. The maximum Gasteiger partial charge on any atom is 0.203 e. The first-order chi connectivity index (χ1) is 17.5. The van der Waals surface area contributed by atoms with E-state index in [1.165, 1.54) is 0 Å². The van der Waals surface area contributed by atoms with Crippen LogP contribution in [-0.2, 0) is 5.33 Å². The van der Waals surface area contributed by atoms with E-state index in [-0.39, 0.29) is 0 Å². The Kier molecular flexibility index (Phi) is 9.39.